The molecular weight excluding hydrogens is 352 g/mol. The summed E-state index contributed by atoms with van der Waals surface area (Å²) in [4.78, 5) is 11.7. The van der Waals surface area contributed by atoms with Gasteiger partial charge in [0.2, 0.25) is 0 Å². The van der Waals surface area contributed by atoms with Gasteiger partial charge in [-0.15, -0.1) is 0 Å². The standard InChI is InChI=1S/C15H19ClN4O3S/c1-17-15(21)12-3-4-13(16)14(7-12)18-8-11-9-19-20(10-11)5-6-24(2,22)23/h3-4,7,9-10,18H,5-6,8H2,1-2H3,(H,17,21). The second kappa shape index (κ2) is 7.67. The number of nitrogens with one attached hydrogen (secondary N) is 2. The average molecular weight is 371 g/mol. The molecule has 0 spiro atoms. The van der Waals surface area contributed by atoms with Gasteiger partial charge in [0, 0.05) is 37.2 Å². The van der Waals surface area contributed by atoms with Crippen LogP contribution in [0, 0.1) is 0 Å². The van der Waals surface area contributed by atoms with E-state index in [0.717, 1.165) is 5.56 Å². The number of hydrogen-bond acceptors (Lipinski definition) is 5. The highest BCUT2D eigenvalue weighted by molar-refractivity contribution is 7.90. The van der Waals surface area contributed by atoms with E-state index in [-0.39, 0.29) is 11.7 Å². The molecule has 1 aromatic carbocycles. The monoisotopic (exact) mass is 370 g/mol. The number of aryl methyl sites for hydroxylation is 1. The van der Waals surface area contributed by atoms with Crippen LogP contribution >= 0.6 is 11.6 Å². The van der Waals surface area contributed by atoms with Crippen molar-refractivity contribution in [1.29, 1.82) is 0 Å². The molecule has 0 radical (unpaired) electrons. The van der Waals surface area contributed by atoms with Crippen molar-refractivity contribution in [3.05, 3.63) is 46.7 Å². The molecule has 2 aromatic rings. The summed E-state index contributed by atoms with van der Waals surface area (Å²) in [7, 11) is -1.46. The number of hydrogen-bond donors (Lipinski definition) is 2. The number of carbonyl (C=O) groups is 1. The van der Waals surface area contributed by atoms with Gasteiger partial charge in [0.1, 0.15) is 9.84 Å². The summed E-state index contributed by atoms with van der Waals surface area (Å²) in [5, 5.41) is 10.3. The van der Waals surface area contributed by atoms with E-state index in [4.69, 9.17) is 11.6 Å². The first-order valence-electron chi connectivity index (χ1n) is 7.23. The van der Waals surface area contributed by atoms with Crippen LogP contribution in [0.1, 0.15) is 15.9 Å². The van der Waals surface area contributed by atoms with Crippen molar-refractivity contribution < 1.29 is 13.2 Å². The van der Waals surface area contributed by atoms with Gasteiger partial charge in [-0.1, -0.05) is 11.6 Å². The zero-order chi connectivity index (χ0) is 17.7. The Kier molecular flexibility index (Phi) is 5.84. The van der Waals surface area contributed by atoms with Gasteiger partial charge in [-0.25, -0.2) is 8.42 Å². The maximum absolute atomic E-state index is 11.7. The molecule has 7 nitrogen and oxygen atoms in total. The van der Waals surface area contributed by atoms with Crippen molar-refractivity contribution in [1.82, 2.24) is 15.1 Å². The molecule has 24 heavy (non-hydrogen) atoms. The van der Waals surface area contributed by atoms with Gasteiger partial charge >= 0.3 is 0 Å². The fourth-order valence-corrected chi connectivity index (χ4v) is 2.73. The van der Waals surface area contributed by atoms with Gasteiger partial charge in [-0.2, -0.15) is 5.10 Å². The highest BCUT2D eigenvalue weighted by Gasteiger charge is 2.08. The summed E-state index contributed by atoms with van der Waals surface area (Å²) in [5.74, 6) is -0.148. The lowest BCUT2D eigenvalue weighted by Gasteiger charge is -2.09. The van der Waals surface area contributed by atoms with E-state index < -0.39 is 9.84 Å². The van der Waals surface area contributed by atoms with Crippen molar-refractivity contribution in [3.63, 3.8) is 0 Å². The van der Waals surface area contributed by atoms with Crippen LogP contribution in [0.4, 0.5) is 5.69 Å². The minimum Gasteiger partial charge on any atom is -0.380 e. The molecule has 0 aliphatic carbocycles. The van der Waals surface area contributed by atoms with Crippen LogP contribution in [0.25, 0.3) is 0 Å². The maximum Gasteiger partial charge on any atom is 0.251 e. The Morgan fingerprint density at radius 2 is 2.12 bits per heavy atom. The molecule has 2 N–H and O–H groups in total. The Morgan fingerprint density at radius 3 is 2.79 bits per heavy atom. The van der Waals surface area contributed by atoms with E-state index in [9.17, 15) is 13.2 Å². The highest BCUT2D eigenvalue weighted by atomic mass is 35.5. The third-order valence-corrected chi connectivity index (χ3v) is 4.57. The summed E-state index contributed by atoms with van der Waals surface area (Å²) >= 11 is 6.13. The Labute approximate surface area is 145 Å². The van der Waals surface area contributed by atoms with Crippen LogP contribution in [0.5, 0.6) is 0 Å². The highest BCUT2D eigenvalue weighted by Crippen LogP contribution is 2.23. The van der Waals surface area contributed by atoms with Gasteiger partial charge < -0.3 is 10.6 Å². The minimum atomic E-state index is -3.02. The summed E-state index contributed by atoms with van der Waals surface area (Å²) in [6.07, 6.45) is 4.63. The number of amides is 1. The fraction of sp³-hybridized carbons (Fsp3) is 0.333. The lowest BCUT2D eigenvalue weighted by atomic mass is 10.2. The summed E-state index contributed by atoms with van der Waals surface area (Å²) in [6.45, 7) is 0.765. The largest absolute Gasteiger partial charge is 0.380 e. The van der Waals surface area contributed by atoms with Crippen LogP contribution in [-0.2, 0) is 22.9 Å². The van der Waals surface area contributed by atoms with Crippen LogP contribution in [0.15, 0.2) is 30.6 Å². The molecule has 0 saturated heterocycles. The normalized spacial score (nSPS) is 11.3. The van der Waals surface area contributed by atoms with Gasteiger partial charge in [0.05, 0.1) is 29.2 Å². The number of rotatable bonds is 7. The van der Waals surface area contributed by atoms with E-state index in [0.29, 0.717) is 29.4 Å². The molecule has 0 unspecified atom stereocenters. The van der Waals surface area contributed by atoms with Crippen LogP contribution < -0.4 is 10.6 Å². The van der Waals surface area contributed by atoms with Crippen molar-refractivity contribution in [2.45, 2.75) is 13.1 Å². The Bertz CT molecular complexity index is 833. The molecule has 0 saturated carbocycles. The SMILES string of the molecule is CNC(=O)c1ccc(Cl)c(NCc2cnn(CCS(C)(=O)=O)c2)c1. The second-order valence-corrected chi connectivity index (χ2v) is 8.04. The van der Waals surface area contributed by atoms with E-state index in [2.05, 4.69) is 15.7 Å². The first-order chi connectivity index (χ1) is 11.3. The van der Waals surface area contributed by atoms with E-state index in [1.807, 2.05) is 0 Å². The number of anilines is 1. The Hall–Kier alpha value is -2.06. The first-order valence-corrected chi connectivity index (χ1v) is 9.67. The minimum absolute atomic E-state index is 0.0432. The number of sulfone groups is 1. The number of nitrogens with zero attached hydrogens (tertiary/aromatic N) is 2. The second-order valence-electron chi connectivity index (χ2n) is 5.37. The van der Waals surface area contributed by atoms with Crippen molar-refractivity contribution in [2.75, 3.05) is 24.4 Å². The number of aromatic nitrogens is 2. The average Bonchev–Trinajstić information content (AvgIpc) is 2.99. The molecule has 0 aliphatic rings. The molecule has 1 amide bonds. The molecule has 0 fully saturated rings. The number of halogens is 1. The van der Waals surface area contributed by atoms with Crippen molar-refractivity contribution in [3.8, 4) is 0 Å². The topological polar surface area (TPSA) is 93.1 Å². The van der Waals surface area contributed by atoms with Crippen molar-refractivity contribution >= 4 is 33.0 Å². The molecule has 2 rings (SSSR count). The summed E-state index contributed by atoms with van der Waals surface area (Å²) in [5.41, 5.74) is 2.03. The van der Waals surface area contributed by atoms with Gasteiger partial charge in [-0.05, 0) is 18.2 Å². The maximum atomic E-state index is 11.7. The van der Waals surface area contributed by atoms with Gasteiger partial charge in [0.25, 0.3) is 5.91 Å². The molecule has 0 aliphatic heterocycles. The summed E-state index contributed by atoms with van der Waals surface area (Å²) in [6, 6.07) is 4.98. The first kappa shape index (κ1) is 18.3. The zero-order valence-electron chi connectivity index (χ0n) is 13.4. The van der Waals surface area contributed by atoms with Crippen LogP contribution in [-0.4, -0.2) is 43.2 Å². The predicted octanol–water partition coefficient (Wildman–Crippen LogP) is 1.55. The lowest BCUT2D eigenvalue weighted by molar-refractivity contribution is 0.0963. The fourth-order valence-electron chi connectivity index (χ4n) is 2.02. The van der Waals surface area contributed by atoms with E-state index >= 15 is 0 Å². The van der Waals surface area contributed by atoms with Crippen molar-refractivity contribution in [2.24, 2.45) is 0 Å². The Morgan fingerprint density at radius 1 is 1.38 bits per heavy atom. The predicted molar refractivity (Wildman–Crippen MR) is 94.1 cm³/mol. The molecule has 0 atom stereocenters. The molecule has 130 valence electrons. The smallest absolute Gasteiger partial charge is 0.251 e. The molecule has 9 heteroatoms. The van der Waals surface area contributed by atoms with E-state index in [1.54, 1.807) is 42.3 Å². The van der Waals surface area contributed by atoms with E-state index in [1.165, 1.54) is 6.26 Å². The molecule has 1 aromatic heterocycles. The molecule has 0 bridgehead atoms. The quantitative estimate of drug-likeness (QED) is 0.771. The Balaban J connectivity index is 2.01. The van der Waals surface area contributed by atoms with Crippen LogP contribution in [0.3, 0.4) is 0 Å². The molecule has 1 heterocycles. The zero-order valence-corrected chi connectivity index (χ0v) is 15.0. The van der Waals surface area contributed by atoms with Crippen LogP contribution in [0.2, 0.25) is 5.02 Å². The summed E-state index contributed by atoms with van der Waals surface area (Å²) < 4.78 is 23.9. The number of benzene rings is 1. The molecular formula is C15H19ClN4O3S. The third kappa shape index (κ3) is 5.24. The third-order valence-electron chi connectivity index (χ3n) is 3.32. The van der Waals surface area contributed by atoms with Gasteiger partial charge in [0.15, 0.2) is 0 Å². The number of carbonyl (C=O) groups excluding carboxylic acids is 1. The lowest BCUT2D eigenvalue weighted by Crippen LogP contribution is -2.17. The van der Waals surface area contributed by atoms with Gasteiger partial charge in [-0.3, -0.25) is 9.48 Å².